The van der Waals surface area contributed by atoms with Crippen LogP contribution in [0.4, 0.5) is 0 Å². The van der Waals surface area contributed by atoms with Crippen molar-refractivity contribution in [3.05, 3.63) is 36.5 Å². The third-order valence-electron chi connectivity index (χ3n) is 3.61. The molecule has 0 N–H and O–H groups in total. The number of hydrogen-bond acceptors (Lipinski definition) is 2. The SMILES string of the molecule is O=C1O[C@H]2C=CCC[C@@H]2C2C=CC=CC12. The standard InChI is InChI=1S/C13H14O2/c14-13-11-7-2-1-5-9(11)10-6-3-4-8-12(10)15-13/h1-2,4-5,7-12H,3,6H2/t9?,10-,11?,12+/m1/s1. The lowest BCUT2D eigenvalue weighted by Gasteiger charge is -2.41. The van der Waals surface area contributed by atoms with Gasteiger partial charge >= 0.3 is 5.97 Å². The molecular weight excluding hydrogens is 188 g/mol. The summed E-state index contributed by atoms with van der Waals surface area (Å²) in [6.45, 7) is 0. The van der Waals surface area contributed by atoms with E-state index in [4.69, 9.17) is 4.74 Å². The highest BCUT2D eigenvalue weighted by Crippen LogP contribution is 2.40. The Kier molecular flexibility index (Phi) is 2.01. The molecular formula is C13H14O2. The molecule has 0 aromatic carbocycles. The highest BCUT2D eigenvalue weighted by Gasteiger charge is 2.43. The van der Waals surface area contributed by atoms with Gasteiger partial charge in [0.1, 0.15) is 6.10 Å². The van der Waals surface area contributed by atoms with Crippen LogP contribution in [-0.2, 0) is 9.53 Å². The molecule has 1 heterocycles. The first kappa shape index (κ1) is 8.96. The molecule has 3 aliphatic rings. The maximum atomic E-state index is 11.7. The number of ether oxygens (including phenoxy) is 1. The molecule has 2 nitrogen and oxygen atoms in total. The lowest BCUT2D eigenvalue weighted by molar-refractivity contribution is -0.163. The van der Waals surface area contributed by atoms with Crippen molar-refractivity contribution in [2.24, 2.45) is 17.8 Å². The van der Waals surface area contributed by atoms with Gasteiger partial charge in [0.25, 0.3) is 0 Å². The topological polar surface area (TPSA) is 26.3 Å². The zero-order valence-corrected chi connectivity index (χ0v) is 8.50. The van der Waals surface area contributed by atoms with E-state index in [9.17, 15) is 4.79 Å². The van der Waals surface area contributed by atoms with Crippen molar-refractivity contribution in [1.29, 1.82) is 0 Å². The third kappa shape index (κ3) is 1.36. The Morgan fingerprint density at radius 3 is 3.00 bits per heavy atom. The molecule has 0 saturated carbocycles. The van der Waals surface area contributed by atoms with Gasteiger partial charge in [-0.25, -0.2) is 0 Å². The maximum Gasteiger partial charge on any atom is 0.314 e. The van der Waals surface area contributed by atoms with E-state index >= 15 is 0 Å². The Hall–Kier alpha value is -1.31. The first-order valence-electron chi connectivity index (χ1n) is 5.58. The van der Waals surface area contributed by atoms with E-state index in [-0.39, 0.29) is 18.0 Å². The van der Waals surface area contributed by atoms with Gasteiger partial charge < -0.3 is 4.74 Å². The average Bonchev–Trinajstić information content (AvgIpc) is 2.30. The van der Waals surface area contributed by atoms with Crippen LogP contribution in [0, 0.1) is 17.8 Å². The quantitative estimate of drug-likeness (QED) is 0.445. The maximum absolute atomic E-state index is 11.7. The summed E-state index contributed by atoms with van der Waals surface area (Å²) in [4.78, 5) is 11.7. The van der Waals surface area contributed by atoms with Crippen LogP contribution in [0.25, 0.3) is 0 Å². The molecule has 2 aliphatic carbocycles. The molecule has 1 aliphatic heterocycles. The van der Waals surface area contributed by atoms with Gasteiger partial charge in [0.2, 0.25) is 0 Å². The van der Waals surface area contributed by atoms with Gasteiger partial charge in [0.15, 0.2) is 0 Å². The summed E-state index contributed by atoms with van der Waals surface area (Å²) in [6.07, 6.45) is 14.6. The van der Waals surface area contributed by atoms with E-state index in [1.54, 1.807) is 0 Å². The van der Waals surface area contributed by atoms with Crippen molar-refractivity contribution in [3.8, 4) is 0 Å². The lowest BCUT2D eigenvalue weighted by Crippen LogP contribution is -2.44. The molecule has 0 spiro atoms. The number of carbonyl (C=O) groups excluding carboxylic acids is 1. The van der Waals surface area contributed by atoms with Crippen LogP contribution in [0.5, 0.6) is 0 Å². The van der Waals surface area contributed by atoms with Crippen molar-refractivity contribution in [2.45, 2.75) is 18.9 Å². The molecule has 4 atom stereocenters. The average molecular weight is 202 g/mol. The van der Waals surface area contributed by atoms with Crippen LogP contribution >= 0.6 is 0 Å². The minimum atomic E-state index is -0.0617. The summed E-state index contributed by atoms with van der Waals surface area (Å²) < 4.78 is 5.45. The van der Waals surface area contributed by atoms with E-state index in [0.717, 1.165) is 12.8 Å². The van der Waals surface area contributed by atoms with E-state index in [0.29, 0.717) is 11.8 Å². The van der Waals surface area contributed by atoms with E-state index in [1.165, 1.54) is 0 Å². The number of rotatable bonds is 0. The predicted molar refractivity (Wildman–Crippen MR) is 57.0 cm³/mol. The summed E-state index contributed by atoms with van der Waals surface area (Å²) in [5.41, 5.74) is 0. The van der Waals surface area contributed by atoms with E-state index in [1.807, 2.05) is 12.2 Å². The van der Waals surface area contributed by atoms with Crippen LogP contribution in [0.1, 0.15) is 12.8 Å². The minimum absolute atomic E-state index is 0.0173. The zero-order chi connectivity index (χ0) is 10.3. The first-order chi connectivity index (χ1) is 7.36. The summed E-state index contributed by atoms with van der Waals surface area (Å²) in [6, 6.07) is 0. The van der Waals surface area contributed by atoms with Gasteiger partial charge in [-0.1, -0.05) is 30.4 Å². The number of esters is 1. The molecule has 3 rings (SSSR count). The first-order valence-corrected chi connectivity index (χ1v) is 5.58. The van der Waals surface area contributed by atoms with Gasteiger partial charge in [0, 0.05) is 11.8 Å². The molecule has 78 valence electrons. The fourth-order valence-electron chi connectivity index (χ4n) is 2.85. The van der Waals surface area contributed by atoms with Crippen molar-refractivity contribution < 1.29 is 9.53 Å². The second-order valence-corrected chi connectivity index (χ2v) is 4.44. The monoisotopic (exact) mass is 202 g/mol. The van der Waals surface area contributed by atoms with Crippen LogP contribution in [0.2, 0.25) is 0 Å². The van der Waals surface area contributed by atoms with Crippen molar-refractivity contribution in [1.82, 2.24) is 0 Å². The van der Waals surface area contributed by atoms with Crippen molar-refractivity contribution >= 4 is 5.97 Å². The summed E-state index contributed by atoms with van der Waals surface area (Å²) in [5, 5.41) is 0. The van der Waals surface area contributed by atoms with E-state index in [2.05, 4.69) is 24.3 Å². The molecule has 0 aromatic rings. The Morgan fingerprint density at radius 1 is 1.20 bits per heavy atom. The van der Waals surface area contributed by atoms with Crippen LogP contribution in [-0.4, -0.2) is 12.1 Å². The molecule has 0 radical (unpaired) electrons. The summed E-state index contributed by atoms with van der Waals surface area (Å²) in [7, 11) is 0. The molecule has 2 unspecified atom stereocenters. The summed E-state index contributed by atoms with van der Waals surface area (Å²) >= 11 is 0. The largest absolute Gasteiger partial charge is 0.457 e. The fourth-order valence-corrected chi connectivity index (χ4v) is 2.85. The molecule has 1 saturated heterocycles. The normalized spacial score (nSPS) is 42.0. The Balaban J connectivity index is 1.94. The van der Waals surface area contributed by atoms with Gasteiger partial charge in [-0.05, 0) is 18.9 Å². The number of hydrogen-bond donors (Lipinski definition) is 0. The van der Waals surface area contributed by atoms with Gasteiger partial charge in [-0.2, -0.15) is 0 Å². The highest BCUT2D eigenvalue weighted by molar-refractivity contribution is 5.77. The predicted octanol–water partition coefficient (Wildman–Crippen LogP) is 2.24. The Bertz CT molecular complexity index is 365. The van der Waals surface area contributed by atoms with Crippen LogP contribution in [0.3, 0.4) is 0 Å². The number of fused-ring (bicyclic) bond motifs is 3. The molecule has 0 bridgehead atoms. The highest BCUT2D eigenvalue weighted by atomic mass is 16.5. The van der Waals surface area contributed by atoms with Crippen molar-refractivity contribution in [3.63, 3.8) is 0 Å². The lowest BCUT2D eigenvalue weighted by atomic mass is 9.71. The Morgan fingerprint density at radius 2 is 2.07 bits per heavy atom. The second-order valence-electron chi connectivity index (χ2n) is 4.44. The number of carbonyl (C=O) groups is 1. The van der Waals surface area contributed by atoms with Crippen LogP contribution in [0.15, 0.2) is 36.5 Å². The van der Waals surface area contributed by atoms with Gasteiger partial charge in [-0.3, -0.25) is 4.79 Å². The smallest absolute Gasteiger partial charge is 0.314 e. The molecule has 0 amide bonds. The molecule has 1 fully saturated rings. The minimum Gasteiger partial charge on any atom is -0.457 e. The molecule has 2 heteroatoms. The van der Waals surface area contributed by atoms with E-state index < -0.39 is 0 Å². The summed E-state index contributed by atoms with van der Waals surface area (Å²) in [5.74, 6) is 0.737. The number of allylic oxidation sites excluding steroid dienone is 4. The Labute approximate surface area is 89.3 Å². The zero-order valence-electron chi connectivity index (χ0n) is 8.50. The molecule has 0 aromatic heterocycles. The van der Waals surface area contributed by atoms with Crippen LogP contribution < -0.4 is 0 Å². The fraction of sp³-hybridized carbons (Fsp3) is 0.462. The van der Waals surface area contributed by atoms with Gasteiger partial charge in [0.05, 0.1) is 5.92 Å². The van der Waals surface area contributed by atoms with Gasteiger partial charge in [-0.15, -0.1) is 0 Å². The third-order valence-corrected chi connectivity index (χ3v) is 3.61. The molecule has 15 heavy (non-hydrogen) atoms. The second kappa shape index (κ2) is 3.37. The van der Waals surface area contributed by atoms with Crippen molar-refractivity contribution in [2.75, 3.05) is 0 Å².